The Hall–Kier alpha value is 0. The van der Waals surface area contributed by atoms with Gasteiger partial charge < -0.3 is 0 Å². The average Bonchev–Trinajstić information content (AvgIpc) is 3.04. The Bertz CT molecular complexity index is 503. The van der Waals surface area contributed by atoms with E-state index in [0.717, 1.165) is 35.5 Å². The summed E-state index contributed by atoms with van der Waals surface area (Å²) >= 11 is 0. The monoisotopic (exact) mass is 691 g/mol. The molecule has 0 radical (unpaired) electrons. The molecular formula is C49H102. The molecule has 5 fully saturated rings. The predicted octanol–water partition coefficient (Wildman–Crippen LogP) is 18.7. The van der Waals surface area contributed by atoms with E-state index in [0.29, 0.717) is 0 Å². The normalized spacial score (nSPS) is 26.0. The van der Waals surface area contributed by atoms with Gasteiger partial charge in [-0.25, -0.2) is 0 Å². The number of hydrogen-bond acceptors (Lipinski definition) is 0. The summed E-state index contributed by atoms with van der Waals surface area (Å²) in [6.45, 7) is 17.6. The van der Waals surface area contributed by atoms with Crippen molar-refractivity contribution in [2.45, 2.75) is 281 Å². The van der Waals surface area contributed by atoms with Crippen molar-refractivity contribution in [3.05, 3.63) is 0 Å². The molecule has 0 aliphatic heterocycles. The summed E-state index contributed by atoms with van der Waals surface area (Å²) < 4.78 is 0. The highest BCUT2D eigenvalue weighted by atomic mass is 14.3. The van der Waals surface area contributed by atoms with E-state index >= 15 is 0 Å². The molecule has 0 heterocycles. The summed E-state index contributed by atoms with van der Waals surface area (Å²) in [5.74, 6) is 6.26. The smallest absolute Gasteiger partial charge is 0.0386 e. The molecule has 0 spiro atoms. The summed E-state index contributed by atoms with van der Waals surface area (Å²) in [4.78, 5) is 0. The second kappa shape index (κ2) is 39.2. The lowest BCUT2D eigenvalue weighted by Gasteiger charge is -2.31. The first kappa shape index (κ1) is 51.1. The lowest BCUT2D eigenvalue weighted by atomic mass is 9.75. The Morgan fingerprint density at radius 3 is 0.571 bits per heavy atom. The second-order valence-electron chi connectivity index (χ2n) is 17.2. The minimum atomic E-state index is 0. The van der Waals surface area contributed by atoms with E-state index in [9.17, 15) is 0 Å². The molecule has 0 bridgehead atoms. The Kier molecular flexibility index (Phi) is 40.9. The maximum absolute atomic E-state index is 2.45. The minimum absolute atomic E-state index is 0. The van der Waals surface area contributed by atoms with Gasteiger partial charge in [0.1, 0.15) is 0 Å². The molecule has 0 amide bonds. The molecule has 49 heavy (non-hydrogen) atoms. The summed E-state index contributed by atoms with van der Waals surface area (Å²) in [5.41, 5.74) is 0. The maximum Gasteiger partial charge on any atom is -0.0386 e. The molecule has 0 saturated heterocycles. The van der Waals surface area contributed by atoms with Crippen LogP contribution in [0.15, 0.2) is 0 Å². The van der Waals surface area contributed by atoms with Gasteiger partial charge in [-0.15, -0.1) is 0 Å². The molecule has 0 heteroatoms. The molecule has 5 rings (SSSR count). The lowest BCUT2D eigenvalue weighted by Crippen LogP contribution is -2.18. The van der Waals surface area contributed by atoms with Crippen LogP contribution in [0.1, 0.15) is 281 Å². The van der Waals surface area contributed by atoms with E-state index in [-0.39, 0.29) is 7.43 Å². The van der Waals surface area contributed by atoms with Gasteiger partial charge in [0.2, 0.25) is 0 Å². The van der Waals surface area contributed by atoms with Gasteiger partial charge >= 0.3 is 0 Å². The molecule has 0 aromatic heterocycles. The largest absolute Gasteiger partial charge is 0.0776 e. The first-order valence-corrected chi connectivity index (χ1v) is 23.5. The van der Waals surface area contributed by atoms with Crippen molar-refractivity contribution in [2.24, 2.45) is 35.5 Å². The van der Waals surface area contributed by atoms with Gasteiger partial charge in [0.25, 0.3) is 0 Å². The zero-order valence-electron chi connectivity index (χ0n) is 35.5. The molecule has 0 aromatic carbocycles. The van der Waals surface area contributed by atoms with Crippen LogP contribution in [0.5, 0.6) is 0 Å². The Balaban J connectivity index is 0. The highest BCUT2D eigenvalue weighted by molar-refractivity contribution is 4.75. The third-order valence-corrected chi connectivity index (χ3v) is 12.5. The first-order chi connectivity index (χ1) is 23.5. The third-order valence-electron chi connectivity index (χ3n) is 12.5. The number of hydrogen-bond donors (Lipinski definition) is 0. The summed E-state index contributed by atoms with van der Waals surface area (Å²) in [6, 6.07) is 0. The van der Waals surface area contributed by atoms with Crippen LogP contribution in [0.2, 0.25) is 0 Å². The van der Waals surface area contributed by atoms with E-state index in [1.807, 2.05) is 27.7 Å². The highest BCUT2D eigenvalue weighted by Gasteiger charge is 2.23. The summed E-state index contributed by atoms with van der Waals surface area (Å²) in [7, 11) is 0. The van der Waals surface area contributed by atoms with Gasteiger partial charge in [0, 0.05) is 0 Å². The molecule has 5 aliphatic carbocycles. The van der Waals surface area contributed by atoms with Crippen molar-refractivity contribution < 1.29 is 0 Å². The fourth-order valence-corrected chi connectivity index (χ4v) is 9.16. The second-order valence-corrected chi connectivity index (χ2v) is 17.2. The molecule has 5 saturated carbocycles. The molecular weight excluding hydrogens is 589 g/mol. The zero-order chi connectivity index (χ0) is 35.5. The third kappa shape index (κ3) is 32.4. The van der Waals surface area contributed by atoms with Crippen LogP contribution in [-0.2, 0) is 0 Å². The highest BCUT2D eigenvalue weighted by Crippen LogP contribution is 2.36. The van der Waals surface area contributed by atoms with Gasteiger partial charge in [0.15, 0.2) is 0 Å². The van der Waals surface area contributed by atoms with E-state index in [1.165, 1.54) is 193 Å². The molecule has 0 unspecified atom stereocenters. The van der Waals surface area contributed by atoms with E-state index in [4.69, 9.17) is 0 Å². The van der Waals surface area contributed by atoms with Crippen molar-refractivity contribution >= 4 is 0 Å². The Labute approximate surface area is 315 Å². The quantitative estimate of drug-likeness (QED) is 0.257. The molecule has 298 valence electrons. The van der Waals surface area contributed by atoms with Gasteiger partial charge in [-0.05, 0) is 35.5 Å². The van der Waals surface area contributed by atoms with Crippen molar-refractivity contribution in [3.8, 4) is 0 Å². The standard InChI is InChI=1S/C17H32.3C9H18.2C2H6.CH4/c1-15-9-7-13-17(14-8-10-15)16-11-5-3-2-4-6-12-16;3*1-9-7-5-3-2-4-6-8-9;2*1-2;/h15-17H,2-14H2,1H3;3*9H,2-8H2,1H3;2*1-2H3;1H4. The zero-order valence-corrected chi connectivity index (χ0v) is 35.5. The van der Waals surface area contributed by atoms with Crippen LogP contribution >= 0.6 is 0 Å². The predicted molar refractivity (Wildman–Crippen MR) is 230 cm³/mol. The summed E-state index contributed by atoms with van der Waals surface area (Å²) in [5, 5.41) is 0. The molecule has 0 aromatic rings. The first-order valence-electron chi connectivity index (χ1n) is 23.5. The molecule has 0 N–H and O–H groups in total. The molecule has 0 nitrogen and oxygen atoms in total. The van der Waals surface area contributed by atoms with Crippen LogP contribution in [0.25, 0.3) is 0 Å². The van der Waals surface area contributed by atoms with Crippen molar-refractivity contribution in [3.63, 3.8) is 0 Å². The molecule has 5 aliphatic rings. The van der Waals surface area contributed by atoms with Crippen LogP contribution in [0, 0.1) is 35.5 Å². The minimum Gasteiger partial charge on any atom is -0.0776 e. The van der Waals surface area contributed by atoms with Gasteiger partial charge in [0.05, 0.1) is 0 Å². The fraction of sp³-hybridized carbons (Fsp3) is 1.00. The average molecular weight is 691 g/mol. The van der Waals surface area contributed by atoms with Crippen LogP contribution in [0.4, 0.5) is 0 Å². The maximum atomic E-state index is 2.45. The fourth-order valence-electron chi connectivity index (χ4n) is 9.16. The topological polar surface area (TPSA) is 0 Å². The van der Waals surface area contributed by atoms with E-state index < -0.39 is 0 Å². The lowest BCUT2D eigenvalue weighted by molar-refractivity contribution is 0.210. The van der Waals surface area contributed by atoms with Crippen molar-refractivity contribution in [1.29, 1.82) is 0 Å². The van der Waals surface area contributed by atoms with Gasteiger partial charge in [-0.2, -0.15) is 0 Å². The number of rotatable bonds is 1. The van der Waals surface area contributed by atoms with Crippen LogP contribution < -0.4 is 0 Å². The van der Waals surface area contributed by atoms with Crippen LogP contribution in [-0.4, -0.2) is 0 Å². The summed E-state index contributed by atoms with van der Waals surface area (Å²) in [6.07, 6.45) is 51.1. The van der Waals surface area contributed by atoms with E-state index in [1.54, 1.807) is 25.7 Å². The molecule has 0 atom stereocenters. The Morgan fingerprint density at radius 2 is 0.347 bits per heavy atom. The van der Waals surface area contributed by atoms with Gasteiger partial charge in [-0.3, -0.25) is 0 Å². The van der Waals surface area contributed by atoms with Gasteiger partial charge in [-0.1, -0.05) is 281 Å². The van der Waals surface area contributed by atoms with Crippen LogP contribution in [0.3, 0.4) is 0 Å². The SMILES string of the molecule is C.CC.CC.CC1CCCC(C2CCCCCCC2)CCC1.CC1CCCCCCC1.CC1CCCCCCC1.CC1CCCCCCC1. The van der Waals surface area contributed by atoms with E-state index in [2.05, 4.69) is 27.7 Å². The van der Waals surface area contributed by atoms with Crippen molar-refractivity contribution in [1.82, 2.24) is 0 Å². The Morgan fingerprint density at radius 1 is 0.204 bits per heavy atom. The van der Waals surface area contributed by atoms with Crippen molar-refractivity contribution in [2.75, 3.05) is 0 Å².